The third-order valence-electron chi connectivity index (χ3n) is 3.22. The summed E-state index contributed by atoms with van der Waals surface area (Å²) in [6, 6.07) is 12.5. The molecule has 0 aromatic heterocycles. The van der Waals surface area contributed by atoms with Crippen LogP contribution in [0.3, 0.4) is 0 Å². The topological polar surface area (TPSA) is 38.5 Å². The van der Waals surface area contributed by atoms with Gasteiger partial charge in [-0.1, -0.05) is 24.4 Å². The Morgan fingerprint density at radius 3 is 2.43 bits per heavy atom. The first-order valence-electron chi connectivity index (χ1n) is 6.44. The number of hydrogen-bond acceptors (Lipinski definition) is 3. The fourth-order valence-corrected chi connectivity index (χ4v) is 2.19. The minimum Gasteiger partial charge on any atom is -0.497 e. The average Bonchev–Trinajstić information content (AvgIpc) is 2.47. The highest BCUT2D eigenvalue weighted by atomic mass is 32.1. The molecule has 0 spiro atoms. The van der Waals surface area contributed by atoms with Gasteiger partial charge in [0.1, 0.15) is 16.6 Å². The number of halogens is 1. The first-order chi connectivity index (χ1) is 10.0. The van der Waals surface area contributed by atoms with Crippen molar-refractivity contribution < 1.29 is 9.13 Å². The number of methoxy groups -OCH3 is 1. The predicted octanol–water partition coefficient (Wildman–Crippen LogP) is 3.10. The average molecular weight is 304 g/mol. The van der Waals surface area contributed by atoms with Crippen LogP contribution in [0.5, 0.6) is 5.75 Å². The summed E-state index contributed by atoms with van der Waals surface area (Å²) in [5.74, 6) is 0.463. The van der Waals surface area contributed by atoms with Gasteiger partial charge in [-0.3, -0.25) is 0 Å². The molecular weight excluding hydrogens is 287 g/mol. The van der Waals surface area contributed by atoms with Crippen LogP contribution in [0.2, 0.25) is 0 Å². The van der Waals surface area contributed by atoms with Crippen molar-refractivity contribution >= 4 is 22.9 Å². The lowest BCUT2D eigenvalue weighted by molar-refractivity contribution is 0.414. The number of anilines is 1. The van der Waals surface area contributed by atoms with Gasteiger partial charge in [0.2, 0.25) is 0 Å². The van der Waals surface area contributed by atoms with Crippen LogP contribution in [-0.2, 0) is 6.54 Å². The van der Waals surface area contributed by atoms with E-state index in [-0.39, 0.29) is 10.8 Å². The Morgan fingerprint density at radius 2 is 1.90 bits per heavy atom. The summed E-state index contributed by atoms with van der Waals surface area (Å²) < 4.78 is 19.2. The second-order valence-electron chi connectivity index (χ2n) is 4.73. The number of nitrogens with zero attached hydrogens (tertiary/aromatic N) is 1. The molecule has 0 radical (unpaired) electrons. The smallest absolute Gasteiger partial charge is 0.147 e. The van der Waals surface area contributed by atoms with Gasteiger partial charge in [-0.25, -0.2) is 4.39 Å². The maximum absolute atomic E-state index is 14.1. The van der Waals surface area contributed by atoms with E-state index < -0.39 is 0 Å². The fourth-order valence-electron chi connectivity index (χ4n) is 2.06. The van der Waals surface area contributed by atoms with E-state index in [0.29, 0.717) is 17.8 Å². The number of thiocarbonyl (C=S) groups is 1. The van der Waals surface area contributed by atoms with Gasteiger partial charge >= 0.3 is 0 Å². The lowest BCUT2D eigenvalue weighted by Crippen LogP contribution is -2.18. The predicted molar refractivity (Wildman–Crippen MR) is 87.4 cm³/mol. The summed E-state index contributed by atoms with van der Waals surface area (Å²) in [7, 11) is 3.46. The van der Waals surface area contributed by atoms with E-state index in [1.807, 2.05) is 36.2 Å². The third kappa shape index (κ3) is 3.70. The molecule has 0 amide bonds. The molecule has 0 unspecified atom stereocenters. The van der Waals surface area contributed by atoms with Crippen LogP contribution >= 0.6 is 12.2 Å². The molecule has 0 bridgehead atoms. The molecule has 0 aliphatic carbocycles. The molecule has 5 heteroatoms. The summed E-state index contributed by atoms with van der Waals surface area (Å²) in [5, 5.41) is 0. The Morgan fingerprint density at radius 1 is 1.24 bits per heavy atom. The van der Waals surface area contributed by atoms with E-state index in [4.69, 9.17) is 22.7 Å². The number of hydrogen-bond donors (Lipinski definition) is 1. The first-order valence-corrected chi connectivity index (χ1v) is 6.85. The summed E-state index contributed by atoms with van der Waals surface area (Å²) in [6.45, 7) is 0.591. The van der Waals surface area contributed by atoms with Gasteiger partial charge in [-0.15, -0.1) is 0 Å². The van der Waals surface area contributed by atoms with Crippen molar-refractivity contribution in [3.8, 4) is 5.75 Å². The maximum Gasteiger partial charge on any atom is 0.147 e. The van der Waals surface area contributed by atoms with E-state index in [1.165, 1.54) is 6.07 Å². The fraction of sp³-hybridized carbons (Fsp3) is 0.188. The van der Waals surface area contributed by atoms with Crippen LogP contribution in [0.25, 0.3) is 0 Å². The first kappa shape index (κ1) is 15.3. The van der Waals surface area contributed by atoms with Crippen LogP contribution in [0, 0.1) is 5.82 Å². The largest absolute Gasteiger partial charge is 0.497 e. The molecule has 0 heterocycles. The Bertz CT molecular complexity index is 643. The second-order valence-corrected chi connectivity index (χ2v) is 5.17. The third-order valence-corrected chi connectivity index (χ3v) is 3.46. The van der Waals surface area contributed by atoms with Crippen LogP contribution in [-0.4, -0.2) is 19.1 Å². The van der Waals surface area contributed by atoms with Crippen molar-refractivity contribution in [3.05, 3.63) is 59.4 Å². The molecule has 0 saturated heterocycles. The van der Waals surface area contributed by atoms with Crippen molar-refractivity contribution in [1.82, 2.24) is 0 Å². The normalized spacial score (nSPS) is 10.2. The second kappa shape index (κ2) is 6.54. The van der Waals surface area contributed by atoms with E-state index in [2.05, 4.69) is 0 Å². The van der Waals surface area contributed by atoms with Gasteiger partial charge in [0.15, 0.2) is 0 Å². The summed E-state index contributed by atoms with van der Waals surface area (Å²) in [6.07, 6.45) is 0. The van der Waals surface area contributed by atoms with Crippen LogP contribution < -0.4 is 15.4 Å². The van der Waals surface area contributed by atoms with Crippen LogP contribution in [0.15, 0.2) is 42.5 Å². The summed E-state index contributed by atoms with van der Waals surface area (Å²) >= 11 is 4.84. The standard InChI is InChI=1S/C16H17FN2OS/c1-19(10-11-3-6-13(20-2)7-4-11)15-8-5-12(16(18)21)9-14(15)17/h3-9H,10H2,1-2H3,(H2,18,21). The van der Waals surface area contributed by atoms with Gasteiger partial charge < -0.3 is 15.4 Å². The molecule has 0 saturated carbocycles. The zero-order valence-electron chi connectivity index (χ0n) is 12.0. The number of ether oxygens (including phenoxy) is 1. The zero-order chi connectivity index (χ0) is 15.4. The molecule has 2 aromatic rings. The van der Waals surface area contributed by atoms with Crippen molar-refractivity contribution in [2.75, 3.05) is 19.1 Å². The molecule has 2 N–H and O–H groups in total. The molecular formula is C16H17FN2OS. The number of benzene rings is 2. The quantitative estimate of drug-likeness (QED) is 0.862. The molecule has 0 aliphatic rings. The molecule has 3 nitrogen and oxygen atoms in total. The van der Waals surface area contributed by atoms with E-state index >= 15 is 0 Å². The van der Waals surface area contributed by atoms with E-state index in [9.17, 15) is 4.39 Å². The van der Waals surface area contributed by atoms with E-state index in [1.54, 1.807) is 19.2 Å². The SMILES string of the molecule is COc1ccc(CN(C)c2ccc(C(N)=S)cc2F)cc1. The van der Waals surface area contributed by atoms with Gasteiger partial charge in [-0.05, 0) is 35.9 Å². The Kier molecular flexibility index (Phi) is 4.75. The minimum absolute atomic E-state index is 0.193. The molecule has 21 heavy (non-hydrogen) atoms. The van der Waals surface area contributed by atoms with Crippen molar-refractivity contribution in [2.24, 2.45) is 5.73 Å². The zero-order valence-corrected chi connectivity index (χ0v) is 12.8. The van der Waals surface area contributed by atoms with Crippen molar-refractivity contribution in [2.45, 2.75) is 6.54 Å². The van der Waals surface area contributed by atoms with Crippen LogP contribution in [0.1, 0.15) is 11.1 Å². The minimum atomic E-state index is -0.337. The summed E-state index contributed by atoms with van der Waals surface area (Å²) in [5.41, 5.74) is 7.60. The molecule has 0 aliphatic heterocycles. The van der Waals surface area contributed by atoms with E-state index in [0.717, 1.165) is 11.3 Å². The molecule has 0 fully saturated rings. The Labute approximate surface area is 129 Å². The van der Waals surface area contributed by atoms with Crippen molar-refractivity contribution in [3.63, 3.8) is 0 Å². The maximum atomic E-state index is 14.1. The highest BCUT2D eigenvalue weighted by Crippen LogP contribution is 2.22. The number of nitrogens with two attached hydrogens (primary N) is 1. The van der Waals surface area contributed by atoms with Gasteiger partial charge in [0, 0.05) is 19.2 Å². The summed E-state index contributed by atoms with van der Waals surface area (Å²) in [4.78, 5) is 2.03. The van der Waals surface area contributed by atoms with Gasteiger partial charge in [-0.2, -0.15) is 0 Å². The Balaban J connectivity index is 2.15. The molecule has 110 valence electrons. The molecule has 0 atom stereocenters. The van der Waals surface area contributed by atoms with Crippen LogP contribution in [0.4, 0.5) is 10.1 Å². The highest BCUT2D eigenvalue weighted by Gasteiger charge is 2.10. The molecule has 2 rings (SSSR count). The molecule has 2 aromatic carbocycles. The highest BCUT2D eigenvalue weighted by molar-refractivity contribution is 7.80. The van der Waals surface area contributed by atoms with Gasteiger partial charge in [0.05, 0.1) is 12.8 Å². The lowest BCUT2D eigenvalue weighted by atomic mass is 10.1. The van der Waals surface area contributed by atoms with Crippen molar-refractivity contribution in [1.29, 1.82) is 0 Å². The van der Waals surface area contributed by atoms with Gasteiger partial charge in [0.25, 0.3) is 0 Å². The lowest BCUT2D eigenvalue weighted by Gasteiger charge is -2.20. The Hall–Kier alpha value is -2.14. The monoisotopic (exact) mass is 304 g/mol. The number of rotatable bonds is 5.